The van der Waals surface area contributed by atoms with Crippen LogP contribution in [-0.4, -0.2) is 10.3 Å². The minimum atomic E-state index is -0.433. The molecule has 6 heteroatoms. The molecule has 2 heterocycles. The summed E-state index contributed by atoms with van der Waals surface area (Å²) in [6.07, 6.45) is 3.51. The molecule has 0 saturated carbocycles. The minimum absolute atomic E-state index is 0.367. The summed E-state index contributed by atoms with van der Waals surface area (Å²) in [7, 11) is 0. The highest BCUT2D eigenvalue weighted by Crippen LogP contribution is 2.10. The van der Waals surface area contributed by atoms with E-state index in [1.165, 1.54) is 4.68 Å². The van der Waals surface area contributed by atoms with Crippen molar-refractivity contribution in [1.82, 2.24) is 15.6 Å². The maximum absolute atomic E-state index is 11.8. The number of hydrogen-bond acceptors (Lipinski definition) is 5. The molecule has 1 aromatic carbocycles. The van der Waals surface area contributed by atoms with Gasteiger partial charge in [-0.25, -0.2) is 0 Å². The molecule has 2 aromatic heterocycles. The van der Waals surface area contributed by atoms with Gasteiger partial charge in [0.1, 0.15) is 0 Å². The second-order valence-electron chi connectivity index (χ2n) is 4.52. The molecular weight excluding hydrogens is 268 g/mol. The van der Waals surface area contributed by atoms with Crippen LogP contribution in [0.5, 0.6) is 5.95 Å². The van der Waals surface area contributed by atoms with E-state index >= 15 is 0 Å². The number of nitrogens with zero attached hydrogens (tertiary/aromatic N) is 3. The molecule has 3 rings (SSSR count). The van der Waals surface area contributed by atoms with Crippen molar-refractivity contribution in [2.24, 2.45) is 0 Å². The molecule has 106 valence electrons. The molecule has 21 heavy (non-hydrogen) atoms. The molecule has 0 radical (unpaired) electrons. The Morgan fingerprint density at radius 2 is 1.95 bits per heavy atom. The molecule has 1 N–H and O–H groups in total. The number of pyridine rings is 1. The maximum atomic E-state index is 11.8. The first-order valence-corrected chi connectivity index (χ1v) is 6.57. The molecule has 3 aromatic rings. The predicted molar refractivity (Wildman–Crippen MR) is 72.3 cm³/mol. The molecular formula is C15H14N4O2. The molecule has 0 amide bonds. The largest absolute Gasteiger partial charge is 0.539 e. The summed E-state index contributed by atoms with van der Waals surface area (Å²) < 4.78 is 6.27. The first-order chi connectivity index (χ1) is 10.3. The Labute approximate surface area is 121 Å². The van der Waals surface area contributed by atoms with E-state index in [2.05, 4.69) is 15.6 Å². The first kappa shape index (κ1) is 13.3. The van der Waals surface area contributed by atoms with Crippen LogP contribution in [-0.2, 0) is 13.1 Å². The number of benzene rings is 1. The van der Waals surface area contributed by atoms with Crippen molar-refractivity contribution >= 4 is 0 Å². The SMILES string of the molecule is [O-]c1on[n+](-c2ccccc2)c1CNCc1cccnc1. The summed E-state index contributed by atoms with van der Waals surface area (Å²) in [4.78, 5) is 4.05. The average Bonchev–Trinajstić information content (AvgIpc) is 2.91. The van der Waals surface area contributed by atoms with Crippen molar-refractivity contribution in [2.45, 2.75) is 13.1 Å². The van der Waals surface area contributed by atoms with Crippen LogP contribution in [0.3, 0.4) is 0 Å². The van der Waals surface area contributed by atoms with Crippen LogP contribution in [0, 0.1) is 0 Å². The number of rotatable bonds is 5. The molecule has 0 aliphatic rings. The van der Waals surface area contributed by atoms with Gasteiger partial charge < -0.3 is 14.9 Å². The van der Waals surface area contributed by atoms with Gasteiger partial charge in [-0.3, -0.25) is 4.98 Å². The quantitative estimate of drug-likeness (QED) is 0.697. The van der Waals surface area contributed by atoms with Crippen molar-refractivity contribution < 1.29 is 14.3 Å². The summed E-state index contributed by atoms with van der Waals surface area (Å²) >= 11 is 0. The Balaban J connectivity index is 1.72. The Morgan fingerprint density at radius 1 is 1.10 bits per heavy atom. The van der Waals surface area contributed by atoms with E-state index in [1.807, 2.05) is 42.5 Å². The third-order valence-electron chi connectivity index (χ3n) is 3.04. The smallest absolute Gasteiger partial charge is 0.253 e. The highest BCUT2D eigenvalue weighted by atomic mass is 16.6. The molecule has 0 atom stereocenters. The van der Waals surface area contributed by atoms with Gasteiger partial charge in [0.05, 0.1) is 11.8 Å². The Morgan fingerprint density at radius 3 is 2.71 bits per heavy atom. The molecule has 0 aliphatic heterocycles. The fourth-order valence-electron chi connectivity index (χ4n) is 2.01. The van der Waals surface area contributed by atoms with Crippen molar-refractivity contribution in [3.8, 4) is 11.6 Å². The molecule has 0 bridgehead atoms. The van der Waals surface area contributed by atoms with Crippen LogP contribution >= 0.6 is 0 Å². The lowest BCUT2D eigenvalue weighted by molar-refractivity contribution is -0.677. The van der Waals surface area contributed by atoms with Crippen LogP contribution in [0.1, 0.15) is 11.3 Å². The van der Waals surface area contributed by atoms with Gasteiger partial charge in [-0.15, -0.1) is 0 Å². The number of para-hydroxylation sites is 1. The fourth-order valence-corrected chi connectivity index (χ4v) is 2.01. The van der Waals surface area contributed by atoms with Gasteiger partial charge in [-0.2, -0.15) is 0 Å². The van der Waals surface area contributed by atoms with Gasteiger partial charge in [0.15, 0.2) is 5.95 Å². The Bertz CT molecular complexity index is 698. The van der Waals surface area contributed by atoms with Gasteiger partial charge >= 0.3 is 0 Å². The van der Waals surface area contributed by atoms with Gasteiger partial charge in [-0.05, 0) is 16.3 Å². The van der Waals surface area contributed by atoms with E-state index in [1.54, 1.807) is 12.4 Å². The number of hydrogen-bond donors (Lipinski definition) is 1. The van der Waals surface area contributed by atoms with E-state index in [4.69, 9.17) is 4.52 Å². The lowest BCUT2D eigenvalue weighted by Gasteiger charge is -2.02. The maximum Gasteiger partial charge on any atom is 0.253 e. The number of aromatic nitrogens is 3. The summed E-state index contributed by atoms with van der Waals surface area (Å²) in [5.74, 6) is -0.433. The Hall–Kier alpha value is -2.73. The summed E-state index contributed by atoms with van der Waals surface area (Å²) in [5, 5.41) is 18.7. The molecule has 0 aliphatic carbocycles. The zero-order chi connectivity index (χ0) is 14.5. The third-order valence-corrected chi connectivity index (χ3v) is 3.04. The Kier molecular flexibility index (Phi) is 3.88. The van der Waals surface area contributed by atoms with E-state index < -0.39 is 5.95 Å². The predicted octanol–water partition coefficient (Wildman–Crippen LogP) is 0.710. The van der Waals surface area contributed by atoms with E-state index in [9.17, 15) is 5.11 Å². The van der Waals surface area contributed by atoms with E-state index in [0.29, 0.717) is 18.8 Å². The van der Waals surface area contributed by atoms with Crippen molar-refractivity contribution in [1.29, 1.82) is 0 Å². The van der Waals surface area contributed by atoms with Gasteiger partial charge in [-0.1, -0.05) is 24.3 Å². The summed E-state index contributed by atoms with van der Waals surface area (Å²) in [5.41, 5.74) is 2.30. The normalized spacial score (nSPS) is 10.7. The standard InChI is InChI=1S/C15H14N4O2/c20-15-14(11-17-10-12-5-4-8-16-9-12)19(18-21-15)13-6-2-1-3-7-13/h1-9,17H,10-11H2. The molecule has 0 unspecified atom stereocenters. The van der Waals surface area contributed by atoms with Crippen LogP contribution in [0.25, 0.3) is 5.69 Å². The average molecular weight is 282 g/mol. The third kappa shape index (κ3) is 3.06. The van der Waals surface area contributed by atoms with Crippen molar-refractivity contribution in [3.05, 3.63) is 66.1 Å². The highest BCUT2D eigenvalue weighted by molar-refractivity contribution is 5.22. The lowest BCUT2D eigenvalue weighted by atomic mass is 10.3. The number of nitrogens with one attached hydrogen (secondary N) is 1. The molecule has 0 saturated heterocycles. The first-order valence-electron chi connectivity index (χ1n) is 6.57. The lowest BCUT2D eigenvalue weighted by Crippen LogP contribution is -2.38. The molecule has 6 nitrogen and oxygen atoms in total. The highest BCUT2D eigenvalue weighted by Gasteiger charge is 2.19. The zero-order valence-electron chi connectivity index (χ0n) is 11.3. The van der Waals surface area contributed by atoms with Crippen LogP contribution in [0.15, 0.2) is 59.4 Å². The van der Waals surface area contributed by atoms with Gasteiger partial charge in [0.2, 0.25) is 5.69 Å². The monoisotopic (exact) mass is 282 g/mol. The fraction of sp³-hybridized carbons (Fsp3) is 0.133. The van der Waals surface area contributed by atoms with E-state index in [0.717, 1.165) is 11.3 Å². The topological polar surface area (TPSA) is 77.9 Å². The second-order valence-corrected chi connectivity index (χ2v) is 4.52. The minimum Gasteiger partial charge on any atom is -0.539 e. The summed E-state index contributed by atoms with van der Waals surface area (Å²) in [6.45, 7) is 0.985. The second kappa shape index (κ2) is 6.15. The zero-order valence-corrected chi connectivity index (χ0v) is 11.3. The van der Waals surface area contributed by atoms with Crippen LogP contribution in [0.2, 0.25) is 0 Å². The van der Waals surface area contributed by atoms with Crippen molar-refractivity contribution in [2.75, 3.05) is 0 Å². The van der Waals surface area contributed by atoms with E-state index in [-0.39, 0.29) is 0 Å². The molecule has 0 fully saturated rings. The van der Waals surface area contributed by atoms with Crippen molar-refractivity contribution in [3.63, 3.8) is 0 Å². The summed E-state index contributed by atoms with van der Waals surface area (Å²) in [6, 6.07) is 13.3. The van der Waals surface area contributed by atoms with Crippen LogP contribution in [0.4, 0.5) is 0 Å². The molecule has 0 spiro atoms. The van der Waals surface area contributed by atoms with Crippen LogP contribution < -0.4 is 15.1 Å². The van der Waals surface area contributed by atoms with Gasteiger partial charge in [0.25, 0.3) is 5.69 Å². The van der Waals surface area contributed by atoms with Gasteiger partial charge in [0, 0.05) is 31.1 Å².